The number of amides is 1. The minimum absolute atomic E-state index is 0.147. The Balaban J connectivity index is 2.55. The summed E-state index contributed by atoms with van der Waals surface area (Å²) in [5.41, 5.74) is 1.23. The molecule has 0 aliphatic rings. The number of carbonyl (C=O) groups excluding carboxylic acids is 1. The fourth-order valence-electron chi connectivity index (χ4n) is 1.75. The molecule has 1 unspecified atom stereocenters. The molecule has 1 N–H and O–H groups in total. The van der Waals surface area contributed by atoms with Crippen LogP contribution in [0.4, 0.5) is 0 Å². The van der Waals surface area contributed by atoms with Gasteiger partial charge in [0.1, 0.15) is 6.54 Å². The van der Waals surface area contributed by atoms with Crippen LogP contribution in [0.5, 0.6) is 0 Å². The van der Waals surface area contributed by atoms with E-state index in [1.165, 1.54) is 5.56 Å². The van der Waals surface area contributed by atoms with Gasteiger partial charge in [-0.3, -0.25) is 4.79 Å². The van der Waals surface area contributed by atoms with Gasteiger partial charge >= 0.3 is 0 Å². The first-order chi connectivity index (χ1) is 8.58. The highest BCUT2D eigenvalue weighted by Crippen LogP contribution is 2.12. The average molecular weight is 251 g/mol. The molecule has 18 heavy (non-hydrogen) atoms. The van der Waals surface area contributed by atoms with Gasteiger partial charge < -0.3 is 14.8 Å². The fraction of sp³-hybridized carbons (Fsp3) is 0.643. The molecule has 4 nitrogen and oxygen atoms in total. The topological polar surface area (TPSA) is 37.3 Å². The molecule has 0 bridgehead atoms. The van der Waals surface area contributed by atoms with Crippen LogP contribution in [-0.4, -0.2) is 35.5 Å². The van der Waals surface area contributed by atoms with Gasteiger partial charge in [0.2, 0.25) is 5.91 Å². The number of hydrogen-bond acceptors (Lipinski definition) is 2. The van der Waals surface area contributed by atoms with E-state index in [2.05, 4.69) is 31.4 Å². The molecule has 1 atom stereocenters. The van der Waals surface area contributed by atoms with Crippen molar-refractivity contribution in [3.8, 4) is 0 Å². The summed E-state index contributed by atoms with van der Waals surface area (Å²) in [6.45, 7) is 8.48. The van der Waals surface area contributed by atoms with Gasteiger partial charge in [-0.25, -0.2) is 0 Å². The first-order valence-electron chi connectivity index (χ1n) is 6.71. The van der Waals surface area contributed by atoms with Crippen molar-refractivity contribution in [3.63, 3.8) is 0 Å². The molecule has 0 spiro atoms. The summed E-state index contributed by atoms with van der Waals surface area (Å²) in [5.74, 6) is 0.147. The molecule has 1 rings (SSSR count). The third kappa shape index (κ3) is 4.18. The highest BCUT2D eigenvalue weighted by atomic mass is 16.2. The minimum Gasteiger partial charge on any atom is -0.345 e. The maximum absolute atomic E-state index is 11.8. The van der Waals surface area contributed by atoms with E-state index in [9.17, 15) is 4.79 Å². The van der Waals surface area contributed by atoms with Gasteiger partial charge in [0.25, 0.3) is 0 Å². The fourth-order valence-corrected chi connectivity index (χ4v) is 1.75. The van der Waals surface area contributed by atoms with Crippen LogP contribution in [0.15, 0.2) is 18.5 Å². The Labute approximate surface area is 110 Å². The number of aromatic nitrogens is 1. The molecule has 0 aliphatic heterocycles. The Morgan fingerprint density at radius 2 is 2.22 bits per heavy atom. The van der Waals surface area contributed by atoms with Crippen molar-refractivity contribution >= 4 is 5.91 Å². The Bertz CT molecular complexity index is 373. The van der Waals surface area contributed by atoms with Crippen molar-refractivity contribution in [2.75, 3.05) is 20.1 Å². The maximum Gasteiger partial charge on any atom is 0.242 e. The summed E-state index contributed by atoms with van der Waals surface area (Å²) < 4.78 is 1.95. The Kier molecular flexibility index (Phi) is 5.92. The first-order valence-corrected chi connectivity index (χ1v) is 6.71. The maximum atomic E-state index is 11.8. The molecule has 0 aromatic carbocycles. The van der Waals surface area contributed by atoms with Crippen molar-refractivity contribution < 1.29 is 4.79 Å². The quantitative estimate of drug-likeness (QED) is 0.805. The zero-order chi connectivity index (χ0) is 13.5. The van der Waals surface area contributed by atoms with Crippen molar-refractivity contribution in [2.24, 2.45) is 0 Å². The van der Waals surface area contributed by atoms with Crippen molar-refractivity contribution in [1.29, 1.82) is 0 Å². The summed E-state index contributed by atoms with van der Waals surface area (Å²) in [5, 5.41) is 3.44. The lowest BCUT2D eigenvalue weighted by molar-refractivity contribution is -0.130. The van der Waals surface area contributed by atoms with Gasteiger partial charge in [-0.1, -0.05) is 6.92 Å². The lowest BCUT2D eigenvalue weighted by Gasteiger charge is -2.15. The second-order valence-electron chi connectivity index (χ2n) is 4.70. The Morgan fingerprint density at radius 1 is 1.50 bits per heavy atom. The normalized spacial score (nSPS) is 12.4. The van der Waals surface area contributed by atoms with Gasteiger partial charge in [0, 0.05) is 32.0 Å². The second kappa shape index (κ2) is 7.21. The van der Waals surface area contributed by atoms with E-state index < -0.39 is 0 Å². The molecule has 0 saturated heterocycles. The van der Waals surface area contributed by atoms with Crippen molar-refractivity contribution in [3.05, 3.63) is 24.0 Å². The van der Waals surface area contributed by atoms with Gasteiger partial charge in [-0.05, 0) is 38.4 Å². The molecule has 0 aliphatic carbocycles. The average Bonchev–Trinajstić information content (AvgIpc) is 2.83. The van der Waals surface area contributed by atoms with E-state index in [-0.39, 0.29) is 5.91 Å². The second-order valence-corrected chi connectivity index (χ2v) is 4.70. The van der Waals surface area contributed by atoms with Gasteiger partial charge in [-0.2, -0.15) is 0 Å². The monoisotopic (exact) mass is 251 g/mol. The largest absolute Gasteiger partial charge is 0.345 e. The van der Waals surface area contributed by atoms with Crippen LogP contribution >= 0.6 is 0 Å². The molecule has 4 heteroatoms. The van der Waals surface area contributed by atoms with Crippen LogP contribution in [0.3, 0.4) is 0 Å². The number of nitrogens with one attached hydrogen (secondary N) is 1. The summed E-state index contributed by atoms with van der Waals surface area (Å²) in [6, 6.07) is 2.41. The molecule has 0 radical (unpaired) electrons. The third-order valence-electron chi connectivity index (χ3n) is 3.19. The van der Waals surface area contributed by atoms with E-state index in [0.717, 1.165) is 19.5 Å². The van der Waals surface area contributed by atoms with E-state index in [1.807, 2.05) is 24.7 Å². The van der Waals surface area contributed by atoms with Crippen LogP contribution < -0.4 is 5.32 Å². The minimum atomic E-state index is 0.147. The molecule has 1 aromatic rings. The number of hydrogen-bond donors (Lipinski definition) is 1. The molecule has 1 amide bonds. The molecule has 0 fully saturated rings. The Morgan fingerprint density at radius 3 is 2.83 bits per heavy atom. The van der Waals surface area contributed by atoms with Crippen molar-refractivity contribution in [2.45, 2.75) is 39.8 Å². The first kappa shape index (κ1) is 14.8. The van der Waals surface area contributed by atoms with E-state index in [4.69, 9.17) is 0 Å². The zero-order valence-electron chi connectivity index (χ0n) is 11.9. The van der Waals surface area contributed by atoms with Gasteiger partial charge in [0.15, 0.2) is 0 Å². The highest BCUT2D eigenvalue weighted by Gasteiger charge is 2.10. The number of rotatable bonds is 7. The summed E-state index contributed by atoms with van der Waals surface area (Å²) >= 11 is 0. The van der Waals surface area contributed by atoms with Crippen LogP contribution in [0.1, 0.15) is 38.8 Å². The summed E-state index contributed by atoms with van der Waals surface area (Å²) in [4.78, 5) is 13.5. The SMILES string of the molecule is CCCNC(C)c1ccn(CC(=O)N(C)CC)c1. The Hall–Kier alpha value is -1.29. The lowest BCUT2D eigenvalue weighted by atomic mass is 10.2. The standard InChI is InChI=1S/C14H25N3O/c1-5-8-15-12(3)13-7-9-17(10-13)11-14(18)16(4)6-2/h7,9-10,12,15H,5-6,8,11H2,1-4H3. The predicted molar refractivity (Wildman–Crippen MR) is 74.5 cm³/mol. The van der Waals surface area contributed by atoms with Gasteiger partial charge in [-0.15, -0.1) is 0 Å². The molecular formula is C14H25N3O. The number of nitrogens with zero attached hydrogens (tertiary/aromatic N) is 2. The van der Waals surface area contributed by atoms with E-state index >= 15 is 0 Å². The number of carbonyl (C=O) groups is 1. The highest BCUT2D eigenvalue weighted by molar-refractivity contribution is 5.75. The molecule has 1 aromatic heterocycles. The predicted octanol–water partition coefficient (Wildman–Crippen LogP) is 2.03. The smallest absolute Gasteiger partial charge is 0.242 e. The van der Waals surface area contributed by atoms with Gasteiger partial charge in [0.05, 0.1) is 0 Å². The zero-order valence-corrected chi connectivity index (χ0v) is 11.9. The van der Waals surface area contributed by atoms with Crippen LogP contribution in [0, 0.1) is 0 Å². The molecule has 1 heterocycles. The number of likely N-dealkylation sites (N-methyl/N-ethyl adjacent to an activating group) is 1. The lowest BCUT2D eigenvalue weighted by Crippen LogP contribution is -2.29. The van der Waals surface area contributed by atoms with Crippen LogP contribution in [0.25, 0.3) is 0 Å². The third-order valence-corrected chi connectivity index (χ3v) is 3.19. The van der Waals surface area contributed by atoms with E-state index in [1.54, 1.807) is 4.90 Å². The van der Waals surface area contributed by atoms with Crippen LogP contribution in [0.2, 0.25) is 0 Å². The van der Waals surface area contributed by atoms with E-state index in [0.29, 0.717) is 12.6 Å². The van der Waals surface area contributed by atoms with Crippen molar-refractivity contribution in [1.82, 2.24) is 14.8 Å². The molecule has 0 saturated carbocycles. The summed E-state index contributed by atoms with van der Waals surface area (Å²) in [7, 11) is 1.83. The summed E-state index contributed by atoms with van der Waals surface area (Å²) in [6.07, 6.45) is 5.15. The molecule has 102 valence electrons. The van der Waals surface area contributed by atoms with Crippen LogP contribution in [-0.2, 0) is 11.3 Å². The molecular weight excluding hydrogens is 226 g/mol.